The van der Waals surface area contributed by atoms with Gasteiger partial charge in [-0.3, -0.25) is 4.79 Å². The third-order valence-electron chi connectivity index (χ3n) is 2.64. The minimum absolute atomic E-state index is 0.212. The molecule has 0 aliphatic rings. The van der Waals surface area contributed by atoms with Crippen molar-refractivity contribution in [1.82, 2.24) is 0 Å². The highest BCUT2D eigenvalue weighted by Crippen LogP contribution is 2.17. The fourth-order valence-corrected chi connectivity index (χ4v) is 1.69. The van der Waals surface area contributed by atoms with E-state index in [0.29, 0.717) is 13.2 Å². The van der Waals surface area contributed by atoms with Crippen LogP contribution >= 0.6 is 0 Å². The SMILES string of the molecule is CCOC(OCC)c1ccccc1.O=Cc1ccccc1. The second kappa shape index (κ2) is 10.8. The van der Waals surface area contributed by atoms with E-state index in [9.17, 15) is 4.79 Å². The van der Waals surface area contributed by atoms with E-state index in [-0.39, 0.29) is 6.29 Å². The molecule has 0 radical (unpaired) electrons. The van der Waals surface area contributed by atoms with Crippen molar-refractivity contribution in [3.8, 4) is 0 Å². The molecule has 2 rings (SSSR count). The number of carbonyl (C=O) groups excluding carboxylic acids is 1. The van der Waals surface area contributed by atoms with Crippen LogP contribution in [0.25, 0.3) is 0 Å². The molecule has 21 heavy (non-hydrogen) atoms. The number of rotatable bonds is 6. The van der Waals surface area contributed by atoms with Gasteiger partial charge in [0.25, 0.3) is 0 Å². The Kier molecular flexibility index (Phi) is 8.76. The number of benzene rings is 2. The summed E-state index contributed by atoms with van der Waals surface area (Å²) in [6.45, 7) is 5.27. The van der Waals surface area contributed by atoms with Gasteiger partial charge in [0, 0.05) is 24.3 Å². The van der Waals surface area contributed by atoms with E-state index in [4.69, 9.17) is 9.47 Å². The number of ether oxygens (including phenoxy) is 2. The summed E-state index contributed by atoms with van der Waals surface area (Å²) in [7, 11) is 0. The van der Waals surface area contributed by atoms with Crippen LogP contribution in [-0.4, -0.2) is 19.5 Å². The minimum Gasteiger partial charge on any atom is -0.349 e. The maximum absolute atomic E-state index is 10.0. The lowest BCUT2D eigenvalue weighted by molar-refractivity contribution is -0.140. The zero-order chi connectivity index (χ0) is 15.3. The van der Waals surface area contributed by atoms with Crippen molar-refractivity contribution < 1.29 is 14.3 Å². The summed E-state index contributed by atoms with van der Waals surface area (Å²) < 4.78 is 10.9. The third kappa shape index (κ3) is 6.84. The van der Waals surface area contributed by atoms with Crippen molar-refractivity contribution in [3.05, 3.63) is 71.8 Å². The number of aldehydes is 1. The molecule has 3 heteroatoms. The molecule has 0 bridgehead atoms. The maximum atomic E-state index is 10.0. The molecule has 0 heterocycles. The normalized spacial score (nSPS) is 9.86. The van der Waals surface area contributed by atoms with Crippen molar-refractivity contribution in [1.29, 1.82) is 0 Å². The second-order valence-electron chi connectivity index (χ2n) is 4.18. The van der Waals surface area contributed by atoms with Gasteiger partial charge in [-0.1, -0.05) is 60.7 Å². The molecule has 3 nitrogen and oxygen atoms in total. The van der Waals surface area contributed by atoms with Crippen LogP contribution < -0.4 is 0 Å². The summed E-state index contributed by atoms with van der Waals surface area (Å²) in [5.74, 6) is 0. The van der Waals surface area contributed by atoms with Crippen LogP contribution in [0.2, 0.25) is 0 Å². The topological polar surface area (TPSA) is 35.5 Å². The summed E-state index contributed by atoms with van der Waals surface area (Å²) in [4.78, 5) is 10.0. The van der Waals surface area contributed by atoms with Gasteiger partial charge in [-0.25, -0.2) is 0 Å². The highest BCUT2D eigenvalue weighted by Gasteiger charge is 2.09. The zero-order valence-corrected chi connectivity index (χ0v) is 12.6. The van der Waals surface area contributed by atoms with Gasteiger partial charge in [-0.05, 0) is 13.8 Å². The molecule has 0 aliphatic carbocycles. The van der Waals surface area contributed by atoms with Crippen molar-refractivity contribution in [3.63, 3.8) is 0 Å². The zero-order valence-electron chi connectivity index (χ0n) is 12.6. The highest BCUT2D eigenvalue weighted by atomic mass is 16.7. The van der Waals surface area contributed by atoms with Crippen LogP contribution in [0.15, 0.2) is 60.7 Å². The van der Waals surface area contributed by atoms with E-state index in [0.717, 1.165) is 17.4 Å². The molecule has 2 aromatic rings. The van der Waals surface area contributed by atoms with Crippen LogP contribution in [0.4, 0.5) is 0 Å². The second-order valence-corrected chi connectivity index (χ2v) is 4.18. The van der Waals surface area contributed by atoms with Gasteiger partial charge >= 0.3 is 0 Å². The Morgan fingerprint density at radius 2 is 1.33 bits per heavy atom. The molecule has 112 valence electrons. The van der Waals surface area contributed by atoms with Gasteiger partial charge < -0.3 is 9.47 Å². The quantitative estimate of drug-likeness (QED) is 0.588. The van der Waals surface area contributed by atoms with E-state index < -0.39 is 0 Å². The third-order valence-corrected chi connectivity index (χ3v) is 2.64. The van der Waals surface area contributed by atoms with Gasteiger partial charge in [0.15, 0.2) is 6.29 Å². The average molecular weight is 286 g/mol. The van der Waals surface area contributed by atoms with Crippen LogP contribution in [0.1, 0.15) is 36.1 Å². The Balaban J connectivity index is 0.000000235. The van der Waals surface area contributed by atoms with Crippen molar-refractivity contribution in [2.75, 3.05) is 13.2 Å². The van der Waals surface area contributed by atoms with E-state index in [2.05, 4.69) is 0 Å². The van der Waals surface area contributed by atoms with E-state index in [1.165, 1.54) is 0 Å². The monoisotopic (exact) mass is 286 g/mol. The number of carbonyl (C=O) groups is 1. The molecule has 0 spiro atoms. The molecule has 0 fully saturated rings. The largest absolute Gasteiger partial charge is 0.349 e. The molecule has 0 atom stereocenters. The van der Waals surface area contributed by atoms with Crippen LogP contribution in [-0.2, 0) is 9.47 Å². The van der Waals surface area contributed by atoms with Crippen LogP contribution in [0, 0.1) is 0 Å². The Morgan fingerprint density at radius 3 is 1.71 bits per heavy atom. The summed E-state index contributed by atoms with van der Waals surface area (Å²) in [5, 5.41) is 0. The Hall–Kier alpha value is -1.97. The first kappa shape index (κ1) is 17.1. The molecule has 0 aromatic heterocycles. The average Bonchev–Trinajstić information content (AvgIpc) is 2.57. The van der Waals surface area contributed by atoms with Crippen molar-refractivity contribution >= 4 is 6.29 Å². The Morgan fingerprint density at radius 1 is 0.857 bits per heavy atom. The van der Waals surface area contributed by atoms with Gasteiger partial charge in [0.2, 0.25) is 0 Å². The van der Waals surface area contributed by atoms with Crippen molar-refractivity contribution in [2.24, 2.45) is 0 Å². The van der Waals surface area contributed by atoms with Gasteiger partial charge in [-0.2, -0.15) is 0 Å². The highest BCUT2D eigenvalue weighted by molar-refractivity contribution is 5.74. The first-order chi connectivity index (χ1) is 10.3. The molecule has 2 aromatic carbocycles. The lowest BCUT2D eigenvalue weighted by atomic mass is 10.2. The van der Waals surface area contributed by atoms with Gasteiger partial charge in [-0.15, -0.1) is 0 Å². The molecule has 0 amide bonds. The van der Waals surface area contributed by atoms with Crippen LogP contribution in [0.5, 0.6) is 0 Å². The smallest absolute Gasteiger partial charge is 0.183 e. The Labute approximate surface area is 126 Å². The predicted octanol–water partition coefficient (Wildman–Crippen LogP) is 4.26. The predicted molar refractivity (Wildman–Crippen MR) is 84.3 cm³/mol. The van der Waals surface area contributed by atoms with E-state index in [1.807, 2.05) is 62.4 Å². The molecule has 0 N–H and O–H groups in total. The van der Waals surface area contributed by atoms with E-state index in [1.54, 1.807) is 12.1 Å². The van der Waals surface area contributed by atoms with Gasteiger partial charge in [0.1, 0.15) is 6.29 Å². The molecular weight excluding hydrogens is 264 g/mol. The van der Waals surface area contributed by atoms with Crippen molar-refractivity contribution in [2.45, 2.75) is 20.1 Å². The van der Waals surface area contributed by atoms with Crippen LogP contribution in [0.3, 0.4) is 0 Å². The lowest BCUT2D eigenvalue weighted by Gasteiger charge is -2.16. The molecular formula is C18H22O3. The Bertz CT molecular complexity index is 476. The summed E-state index contributed by atoms with van der Waals surface area (Å²) >= 11 is 0. The maximum Gasteiger partial charge on any atom is 0.183 e. The summed E-state index contributed by atoms with van der Waals surface area (Å²) in [5.41, 5.74) is 1.80. The first-order valence-corrected chi connectivity index (χ1v) is 7.10. The first-order valence-electron chi connectivity index (χ1n) is 7.10. The fraction of sp³-hybridized carbons (Fsp3) is 0.278. The van der Waals surface area contributed by atoms with E-state index >= 15 is 0 Å². The summed E-state index contributed by atoms with van der Waals surface area (Å²) in [6.07, 6.45) is 0.621. The number of hydrogen-bond acceptors (Lipinski definition) is 3. The molecule has 0 unspecified atom stereocenters. The lowest BCUT2D eigenvalue weighted by Crippen LogP contribution is -2.08. The van der Waals surface area contributed by atoms with Gasteiger partial charge in [0.05, 0.1) is 0 Å². The molecule has 0 saturated heterocycles. The minimum atomic E-state index is -0.212. The standard InChI is InChI=1S/C11H16O2.C7H6O/c1-3-12-11(13-4-2)10-8-6-5-7-9-10;8-6-7-4-2-1-3-5-7/h5-9,11H,3-4H2,1-2H3;1-6H. The summed E-state index contributed by atoms with van der Waals surface area (Å²) in [6, 6.07) is 19.1. The molecule has 0 aliphatic heterocycles. The fourth-order valence-electron chi connectivity index (χ4n) is 1.69. The molecule has 0 saturated carbocycles. The number of hydrogen-bond donors (Lipinski definition) is 0.